The van der Waals surface area contributed by atoms with Crippen molar-refractivity contribution >= 4 is 17.5 Å². The molecule has 1 heterocycles. The van der Waals surface area contributed by atoms with Crippen molar-refractivity contribution in [2.75, 3.05) is 13.6 Å². The fourth-order valence-corrected chi connectivity index (χ4v) is 3.42. The third kappa shape index (κ3) is 3.33. The number of benzene rings is 1. The van der Waals surface area contributed by atoms with Crippen LogP contribution >= 0.6 is 11.6 Å². The Kier molecular flexibility index (Phi) is 5.06. The van der Waals surface area contributed by atoms with Gasteiger partial charge >= 0.3 is 0 Å². The van der Waals surface area contributed by atoms with Crippen molar-refractivity contribution in [3.8, 4) is 0 Å². The molecule has 0 saturated carbocycles. The first-order valence-corrected chi connectivity index (χ1v) is 7.63. The summed E-state index contributed by atoms with van der Waals surface area (Å²) in [5.41, 5.74) is 6.83. The number of hydrogen-bond acceptors (Lipinski definition) is 2. The van der Waals surface area contributed by atoms with Crippen LogP contribution in [0.3, 0.4) is 0 Å². The van der Waals surface area contributed by atoms with E-state index in [4.69, 9.17) is 17.3 Å². The first-order valence-electron chi connectivity index (χ1n) is 7.25. The Labute approximate surface area is 126 Å². The van der Waals surface area contributed by atoms with Gasteiger partial charge in [0.15, 0.2) is 0 Å². The highest BCUT2D eigenvalue weighted by atomic mass is 35.5. The quantitative estimate of drug-likeness (QED) is 0.928. The monoisotopic (exact) mass is 294 g/mol. The molecule has 0 aromatic heterocycles. The molecule has 2 N–H and O–H groups in total. The molecule has 2 rings (SSSR count). The summed E-state index contributed by atoms with van der Waals surface area (Å²) in [6, 6.07) is 7.97. The van der Waals surface area contributed by atoms with Gasteiger partial charge in [-0.05, 0) is 50.0 Å². The molecule has 1 aliphatic heterocycles. The molecular formula is C16H23ClN2O. The lowest BCUT2D eigenvalue weighted by atomic mass is 9.78. The summed E-state index contributed by atoms with van der Waals surface area (Å²) in [6.07, 6.45) is 3.42. The van der Waals surface area contributed by atoms with Gasteiger partial charge in [-0.15, -0.1) is 0 Å². The third-order valence-corrected chi connectivity index (χ3v) is 4.76. The van der Waals surface area contributed by atoms with Crippen LogP contribution in [0.2, 0.25) is 5.02 Å². The van der Waals surface area contributed by atoms with Gasteiger partial charge in [-0.2, -0.15) is 0 Å². The fraction of sp³-hybridized carbons (Fsp3) is 0.562. The van der Waals surface area contributed by atoms with Crippen LogP contribution in [0, 0.1) is 5.92 Å². The molecule has 1 aromatic rings. The molecule has 0 aliphatic carbocycles. The van der Waals surface area contributed by atoms with Crippen molar-refractivity contribution in [3.63, 3.8) is 0 Å². The summed E-state index contributed by atoms with van der Waals surface area (Å²) in [6.45, 7) is 3.13. The highest BCUT2D eigenvalue weighted by Gasteiger charge is 2.35. The maximum Gasteiger partial charge on any atom is 0.222 e. The fourth-order valence-electron chi connectivity index (χ4n) is 3.30. The van der Waals surface area contributed by atoms with E-state index in [9.17, 15) is 4.79 Å². The molecular weight excluding hydrogens is 272 g/mol. The van der Waals surface area contributed by atoms with Crippen LogP contribution in [0.25, 0.3) is 0 Å². The number of primary amides is 1. The van der Waals surface area contributed by atoms with E-state index in [0.717, 1.165) is 18.5 Å². The number of halogens is 1. The van der Waals surface area contributed by atoms with Crippen molar-refractivity contribution < 1.29 is 4.79 Å². The first kappa shape index (κ1) is 15.3. The molecule has 3 unspecified atom stereocenters. The zero-order valence-electron chi connectivity index (χ0n) is 12.2. The van der Waals surface area contributed by atoms with Crippen LogP contribution < -0.4 is 5.73 Å². The number of piperidine rings is 1. The van der Waals surface area contributed by atoms with Crippen molar-refractivity contribution in [3.05, 3.63) is 34.9 Å². The van der Waals surface area contributed by atoms with E-state index in [0.29, 0.717) is 5.02 Å². The molecule has 0 radical (unpaired) electrons. The van der Waals surface area contributed by atoms with Gasteiger partial charge in [0.2, 0.25) is 5.91 Å². The second-order valence-electron chi connectivity index (χ2n) is 5.81. The van der Waals surface area contributed by atoms with E-state index in [1.165, 1.54) is 12.8 Å². The minimum absolute atomic E-state index is 0.107. The summed E-state index contributed by atoms with van der Waals surface area (Å²) in [4.78, 5) is 14.3. The predicted octanol–water partition coefficient (Wildman–Crippen LogP) is 3.03. The van der Waals surface area contributed by atoms with E-state index < -0.39 is 0 Å². The molecule has 0 bridgehead atoms. The van der Waals surface area contributed by atoms with Gasteiger partial charge in [-0.1, -0.05) is 37.1 Å². The second-order valence-corrected chi connectivity index (χ2v) is 6.25. The van der Waals surface area contributed by atoms with Crippen molar-refractivity contribution in [2.45, 2.75) is 38.1 Å². The zero-order valence-corrected chi connectivity index (χ0v) is 12.9. The molecule has 1 fully saturated rings. The number of rotatable bonds is 4. The molecule has 3 atom stereocenters. The molecule has 1 aromatic carbocycles. The lowest BCUT2D eigenvalue weighted by molar-refractivity contribution is -0.125. The second kappa shape index (κ2) is 6.59. The molecule has 110 valence electrons. The van der Waals surface area contributed by atoms with Crippen molar-refractivity contribution in [2.24, 2.45) is 11.7 Å². The van der Waals surface area contributed by atoms with E-state index in [-0.39, 0.29) is 23.8 Å². The van der Waals surface area contributed by atoms with Crippen LogP contribution in [0.5, 0.6) is 0 Å². The van der Waals surface area contributed by atoms with Gasteiger partial charge in [0, 0.05) is 11.1 Å². The average Bonchev–Trinajstić information content (AvgIpc) is 2.41. The maximum absolute atomic E-state index is 12.0. The molecule has 0 spiro atoms. The van der Waals surface area contributed by atoms with Gasteiger partial charge in [-0.3, -0.25) is 4.79 Å². The number of nitrogens with two attached hydrogens (primary N) is 1. The summed E-state index contributed by atoms with van der Waals surface area (Å²) >= 11 is 5.93. The Morgan fingerprint density at radius 3 is 2.55 bits per heavy atom. The average molecular weight is 295 g/mol. The normalized spacial score (nSPS) is 23.2. The summed E-state index contributed by atoms with van der Waals surface area (Å²) in [5.74, 6) is -0.247. The number of carbonyl (C=O) groups is 1. The number of nitrogens with zero attached hydrogens (tertiary/aromatic N) is 1. The van der Waals surface area contributed by atoms with Crippen molar-refractivity contribution in [1.82, 2.24) is 4.90 Å². The Morgan fingerprint density at radius 2 is 2.00 bits per heavy atom. The smallest absolute Gasteiger partial charge is 0.222 e. The Bertz CT molecular complexity index is 460. The van der Waals surface area contributed by atoms with Crippen LogP contribution in [0.15, 0.2) is 24.3 Å². The van der Waals surface area contributed by atoms with Gasteiger partial charge in [0.05, 0.1) is 5.92 Å². The zero-order chi connectivity index (χ0) is 14.7. The number of hydrogen-bond donors (Lipinski definition) is 1. The number of likely N-dealkylation sites (tertiary alicyclic amines) is 1. The van der Waals surface area contributed by atoms with Crippen LogP contribution in [0.1, 0.15) is 37.7 Å². The number of amides is 1. The first-order chi connectivity index (χ1) is 9.50. The minimum Gasteiger partial charge on any atom is -0.369 e. The predicted molar refractivity (Wildman–Crippen MR) is 82.8 cm³/mol. The summed E-state index contributed by atoms with van der Waals surface area (Å²) in [7, 11) is 2.09. The van der Waals surface area contributed by atoms with Crippen LogP contribution in [0.4, 0.5) is 0 Å². The van der Waals surface area contributed by atoms with Gasteiger partial charge < -0.3 is 10.6 Å². The van der Waals surface area contributed by atoms with E-state index in [1.54, 1.807) is 0 Å². The van der Waals surface area contributed by atoms with Crippen molar-refractivity contribution in [1.29, 1.82) is 0 Å². The summed E-state index contributed by atoms with van der Waals surface area (Å²) < 4.78 is 0. The Hall–Kier alpha value is -1.06. The van der Waals surface area contributed by atoms with Crippen LogP contribution in [-0.4, -0.2) is 30.4 Å². The molecule has 4 heteroatoms. The Morgan fingerprint density at radius 1 is 1.35 bits per heavy atom. The topological polar surface area (TPSA) is 46.3 Å². The summed E-state index contributed by atoms with van der Waals surface area (Å²) in [5, 5.41) is 0.714. The van der Waals surface area contributed by atoms with Crippen LogP contribution in [-0.2, 0) is 4.79 Å². The molecule has 1 aliphatic rings. The largest absolute Gasteiger partial charge is 0.369 e. The SMILES string of the molecule is CC(c1ccc(Cl)cc1)C(C(N)=O)C1CCCCN1C. The molecule has 3 nitrogen and oxygen atoms in total. The molecule has 20 heavy (non-hydrogen) atoms. The minimum atomic E-state index is -0.203. The standard InChI is InChI=1S/C16H23ClN2O/c1-11(12-6-8-13(17)9-7-12)15(16(18)20)14-5-3-4-10-19(14)2/h6-9,11,14-15H,3-5,10H2,1-2H3,(H2,18,20). The van der Waals surface area contributed by atoms with E-state index in [1.807, 2.05) is 24.3 Å². The lowest BCUT2D eigenvalue weighted by Crippen LogP contribution is -2.48. The lowest BCUT2D eigenvalue weighted by Gasteiger charge is -2.39. The highest BCUT2D eigenvalue weighted by molar-refractivity contribution is 6.30. The molecule has 1 amide bonds. The van der Waals surface area contributed by atoms with Gasteiger partial charge in [0.25, 0.3) is 0 Å². The van der Waals surface area contributed by atoms with E-state index in [2.05, 4.69) is 18.9 Å². The Balaban J connectivity index is 2.23. The molecule has 1 saturated heterocycles. The van der Waals surface area contributed by atoms with Gasteiger partial charge in [-0.25, -0.2) is 0 Å². The third-order valence-electron chi connectivity index (χ3n) is 4.50. The maximum atomic E-state index is 12.0. The highest BCUT2D eigenvalue weighted by Crippen LogP contribution is 2.33. The van der Waals surface area contributed by atoms with Gasteiger partial charge in [0.1, 0.15) is 0 Å². The van der Waals surface area contributed by atoms with E-state index >= 15 is 0 Å². The number of carbonyl (C=O) groups excluding carboxylic acids is 1.